The van der Waals surface area contributed by atoms with Crippen LogP contribution in [0.3, 0.4) is 0 Å². The van der Waals surface area contributed by atoms with E-state index in [4.69, 9.17) is 10.5 Å². The van der Waals surface area contributed by atoms with Gasteiger partial charge in [-0.15, -0.1) is 0 Å². The van der Waals surface area contributed by atoms with Gasteiger partial charge in [-0.2, -0.15) is 0 Å². The first kappa shape index (κ1) is 13.9. The van der Waals surface area contributed by atoms with Crippen molar-refractivity contribution in [2.45, 2.75) is 0 Å². The number of benzene rings is 3. The average Bonchev–Trinajstić information content (AvgIpc) is 2.50. The second kappa shape index (κ2) is 6.18. The first-order chi connectivity index (χ1) is 10.2. The van der Waals surface area contributed by atoms with Crippen molar-refractivity contribution >= 4 is 28.3 Å². The van der Waals surface area contributed by atoms with Gasteiger partial charge in [-0.05, 0) is 70.1 Å². The molecular formula is C18H14INO. The summed E-state index contributed by atoms with van der Waals surface area (Å²) >= 11 is 2.27. The smallest absolute Gasteiger partial charge is 0.140 e. The Balaban J connectivity index is 1.83. The first-order valence-corrected chi connectivity index (χ1v) is 7.68. The third-order valence-corrected chi connectivity index (χ3v) is 4.03. The molecule has 0 saturated carbocycles. The Hall–Kier alpha value is -2.01. The summed E-state index contributed by atoms with van der Waals surface area (Å²) in [5.41, 5.74) is 8.82. The van der Waals surface area contributed by atoms with Crippen molar-refractivity contribution in [3.63, 3.8) is 0 Å². The van der Waals surface area contributed by atoms with Crippen LogP contribution in [0.4, 0.5) is 5.69 Å². The Bertz CT molecular complexity index is 753. The molecular weight excluding hydrogens is 373 g/mol. The van der Waals surface area contributed by atoms with Crippen molar-refractivity contribution in [1.29, 1.82) is 0 Å². The van der Waals surface area contributed by atoms with E-state index < -0.39 is 0 Å². The molecule has 0 bridgehead atoms. The highest BCUT2D eigenvalue weighted by Crippen LogP contribution is 2.29. The van der Waals surface area contributed by atoms with E-state index in [-0.39, 0.29) is 0 Å². The van der Waals surface area contributed by atoms with Crippen LogP contribution in [0.15, 0.2) is 72.8 Å². The van der Waals surface area contributed by atoms with Crippen molar-refractivity contribution in [3.05, 3.63) is 76.4 Å². The summed E-state index contributed by atoms with van der Waals surface area (Å²) < 4.78 is 6.98. The topological polar surface area (TPSA) is 35.2 Å². The van der Waals surface area contributed by atoms with Crippen LogP contribution >= 0.6 is 22.6 Å². The standard InChI is InChI=1S/C18H14INO/c19-17-6-1-2-7-18(17)21-16-10-8-13(9-11-16)14-4-3-5-15(20)12-14/h1-12H,20H2. The maximum Gasteiger partial charge on any atom is 0.140 e. The number of ether oxygens (including phenoxy) is 1. The Labute approximate surface area is 137 Å². The van der Waals surface area contributed by atoms with E-state index in [2.05, 4.69) is 22.6 Å². The van der Waals surface area contributed by atoms with E-state index in [0.717, 1.165) is 31.9 Å². The second-order valence-electron chi connectivity index (χ2n) is 4.68. The maximum atomic E-state index is 5.89. The fourth-order valence-corrected chi connectivity index (χ4v) is 2.59. The third kappa shape index (κ3) is 3.36. The largest absolute Gasteiger partial charge is 0.456 e. The van der Waals surface area contributed by atoms with E-state index in [1.807, 2.05) is 72.8 Å². The summed E-state index contributed by atoms with van der Waals surface area (Å²) in [4.78, 5) is 0. The minimum Gasteiger partial charge on any atom is -0.456 e. The van der Waals surface area contributed by atoms with Gasteiger partial charge in [0, 0.05) is 5.69 Å². The number of para-hydroxylation sites is 1. The quantitative estimate of drug-likeness (QED) is 0.487. The maximum absolute atomic E-state index is 5.89. The monoisotopic (exact) mass is 387 g/mol. The lowest BCUT2D eigenvalue weighted by Crippen LogP contribution is -1.88. The van der Waals surface area contributed by atoms with Gasteiger partial charge in [0.25, 0.3) is 0 Å². The van der Waals surface area contributed by atoms with Crippen molar-refractivity contribution < 1.29 is 4.74 Å². The molecule has 3 heteroatoms. The summed E-state index contributed by atoms with van der Waals surface area (Å²) in [6.07, 6.45) is 0. The van der Waals surface area contributed by atoms with Gasteiger partial charge in [0.15, 0.2) is 0 Å². The summed E-state index contributed by atoms with van der Waals surface area (Å²) in [6.45, 7) is 0. The van der Waals surface area contributed by atoms with Crippen molar-refractivity contribution in [2.24, 2.45) is 0 Å². The van der Waals surface area contributed by atoms with Gasteiger partial charge >= 0.3 is 0 Å². The molecule has 3 aromatic carbocycles. The van der Waals surface area contributed by atoms with E-state index >= 15 is 0 Å². The Morgan fingerprint density at radius 2 is 1.52 bits per heavy atom. The van der Waals surface area contributed by atoms with Gasteiger partial charge in [0.05, 0.1) is 3.57 Å². The highest BCUT2D eigenvalue weighted by Gasteiger charge is 2.03. The van der Waals surface area contributed by atoms with Crippen LogP contribution in [0, 0.1) is 3.57 Å². The van der Waals surface area contributed by atoms with Gasteiger partial charge in [-0.25, -0.2) is 0 Å². The van der Waals surface area contributed by atoms with E-state index in [9.17, 15) is 0 Å². The Morgan fingerprint density at radius 1 is 0.762 bits per heavy atom. The number of halogens is 1. The molecule has 0 aliphatic carbocycles. The molecule has 0 aliphatic rings. The number of nitrogen functional groups attached to an aromatic ring is 1. The summed E-state index contributed by atoms with van der Waals surface area (Å²) in [5, 5.41) is 0. The van der Waals surface area contributed by atoms with Crippen molar-refractivity contribution in [2.75, 3.05) is 5.73 Å². The van der Waals surface area contributed by atoms with E-state index in [1.165, 1.54) is 0 Å². The summed E-state index contributed by atoms with van der Waals surface area (Å²) in [6, 6.07) is 23.9. The SMILES string of the molecule is Nc1cccc(-c2ccc(Oc3ccccc3I)cc2)c1. The van der Waals surface area contributed by atoms with Crippen molar-refractivity contribution in [1.82, 2.24) is 0 Å². The predicted molar refractivity (Wildman–Crippen MR) is 95.5 cm³/mol. The molecule has 0 fully saturated rings. The summed E-state index contributed by atoms with van der Waals surface area (Å²) in [7, 11) is 0. The molecule has 104 valence electrons. The molecule has 0 aromatic heterocycles. The van der Waals surface area contributed by atoms with Crippen LogP contribution in [-0.2, 0) is 0 Å². The zero-order chi connectivity index (χ0) is 14.7. The fourth-order valence-electron chi connectivity index (χ4n) is 2.09. The highest BCUT2D eigenvalue weighted by atomic mass is 127. The molecule has 0 heterocycles. The minimum absolute atomic E-state index is 0.770. The van der Waals surface area contributed by atoms with Crippen molar-refractivity contribution in [3.8, 4) is 22.6 Å². The van der Waals surface area contributed by atoms with Crippen LogP contribution in [0.1, 0.15) is 0 Å². The zero-order valence-corrected chi connectivity index (χ0v) is 13.4. The molecule has 3 rings (SSSR count). The number of hydrogen-bond acceptors (Lipinski definition) is 2. The van der Waals surface area contributed by atoms with E-state index in [0.29, 0.717) is 0 Å². The lowest BCUT2D eigenvalue weighted by atomic mass is 10.1. The van der Waals surface area contributed by atoms with Crippen LogP contribution in [-0.4, -0.2) is 0 Å². The summed E-state index contributed by atoms with van der Waals surface area (Å²) in [5.74, 6) is 1.70. The molecule has 0 saturated heterocycles. The van der Waals surface area contributed by atoms with Crippen LogP contribution in [0.25, 0.3) is 11.1 Å². The molecule has 21 heavy (non-hydrogen) atoms. The molecule has 0 amide bonds. The molecule has 0 aliphatic heterocycles. The van der Waals surface area contributed by atoms with Crippen LogP contribution in [0.2, 0.25) is 0 Å². The predicted octanol–water partition coefficient (Wildman–Crippen LogP) is 5.33. The number of rotatable bonds is 3. The molecule has 0 atom stereocenters. The third-order valence-electron chi connectivity index (χ3n) is 3.14. The first-order valence-electron chi connectivity index (χ1n) is 6.61. The van der Waals surface area contributed by atoms with Crippen LogP contribution < -0.4 is 10.5 Å². The number of nitrogens with two attached hydrogens (primary N) is 1. The van der Waals surface area contributed by atoms with Gasteiger partial charge in [0.1, 0.15) is 11.5 Å². The second-order valence-corrected chi connectivity index (χ2v) is 5.84. The Morgan fingerprint density at radius 3 is 2.24 bits per heavy atom. The van der Waals surface area contributed by atoms with Gasteiger partial charge in [-0.3, -0.25) is 0 Å². The molecule has 3 aromatic rings. The molecule has 0 radical (unpaired) electrons. The van der Waals surface area contributed by atoms with Gasteiger partial charge in [0.2, 0.25) is 0 Å². The van der Waals surface area contributed by atoms with E-state index in [1.54, 1.807) is 0 Å². The Kier molecular flexibility index (Phi) is 4.10. The lowest BCUT2D eigenvalue weighted by Gasteiger charge is -2.08. The molecule has 0 spiro atoms. The van der Waals surface area contributed by atoms with Gasteiger partial charge < -0.3 is 10.5 Å². The minimum atomic E-state index is 0.770. The normalized spacial score (nSPS) is 10.3. The van der Waals surface area contributed by atoms with Crippen LogP contribution in [0.5, 0.6) is 11.5 Å². The lowest BCUT2D eigenvalue weighted by molar-refractivity contribution is 0.479. The highest BCUT2D eigenvalue weighted by molar-refractivity contribution is 14.1. The molecule has 0 unspecified atom stereocenters. The number of hydrogen-bond donors (Lipinski definition) is 1. The fraction of sp³-hybridized carbons (Fsp3) is 0. The number of anilines is 1. The van der Waals surface area contributed by atoms with Gasteiger partial charge in [-0.1, -0.05) is 36.4 Å². The molecule has 2 nitrogen and oxygen atoms in total. The zero-order valence-electron chi connectivity index (χ0n) is 11.3. The molecule has 2 N–H and O–H groups in total. The average molecular weight is 387 g/mol.